The van der Waals surface area contributed by atoms with Crippen LogP contribution in [0.2, 0.25) is 0 Å². The molecule has 0 unspecified atom stereocenters. The zero-order valence-corrected chi connectivity index (χ0v) is 14.3. The van der Waals surface area contributed by atoms with Gasteiger partial charge in [0.25, 0.3) is 0 Å². The van der Waals surface area contributed by atoms with Gasteiger partial charge in [0.15, 0.2) is 11.6 Å². The lowest BCUT2D eigenvalue weighted by molar-refractivity contribution is 0.314. The van der Waals surface area contributed by atoms with Crippen molar-refractivity contribution in [2.24, 2.45) is 5.92 Å². The van der Waals surface area contributed by atoms with E-state index in [2.05, 4.69) is 9.62 Å². The van der Waals surface area contributed by atoms with Crippen LogP contribution in [-0.2, 0) is 10.0 Å². The number of sulfonamides is 1. The molecule has 0 bridgehead atoms. The molecule has 5 nitrogen and oxygen atoms in total. The molecular weight excluding hydrogens is 319 g/mol. The number of hydrogen-bond donors (Lipinski definition) is 1. The molecule has 1 atom stereocenters. The number of rotatable bonds is 6. The number of benzene rings is 1. The molecule has 3 rings (SSSR count). The first-order valence-corrected chi connectivity index (χ1v) is 9.47. The van der Waals surface area contributed by atoms with Gasteiger partial charge in [0.05, 0.1) is 12.0 Å². The van der Waals surface area contributed by atoms with E-state index in [4.69, 9.17) is 4.74 Å². The van der Waals surface area contributed by atoms with Crippen LogP contribution in [0, 0.1) is 18.7 Å². The van der Waals surface area contributed by atoms with Gasteiger partial charge in [0, 0.05) is 24.7 Å². The normalized spacial score (nSPS) is 22.5. The van der Waals surface area contributed by atoms with Crippen molar-refractivity contribution in [3.05, 3.63) is 23.5 Å². The lowest BCUT2D eigenvalue weighted by Gasteiger charge is -2.16. The number of likely N-dealkylation sites (tertiary alicyclic amines) is 1. The van der Waals surface area contributed by atoms with Gasteiger partial charge in [-0.15, -0.1) is 0 Å². The van der Waals surface area contributed by atoms with E-state index < -0.39 is 15.8 Å². The fraction of sp³-hybridized carbons (Fsp3) is 0.625. The summed E-state index contributed by atoms with van der Waals surface area (Å²) >= 11 is 0. The molecular formula is C16H23FN2O3S. The predicted octanol–water partition coefficient (Wildman–Crippen LogP) is 1.91. The van der Waals surface area contributed by atoms with Crippen molar-refractivity contribution >= 4 is 10.0 Å². The molecule has 1 N–H and O–H groups in total. The molecule has 0 aromatic heterocycles. The van der Waals surface area contributed by atoms with Crippen LogP contribution < -0.4 is 9.46 Å². The minimum atomic E-state index is -3.71. The predicted molar refractivity (Wildman–Crippen MR) is 85.6 cm³/mol. The molecule has 0 radical (unpaired) electrons. The Labute approximate surface area is 136 Å². The van der Waals surface area contributed by atoms with Crippen LogP contribution in [0.1, 0.15) is 24.8 Å². The molecule has 2 aliphatic rings. The van der Waals surface area contributed by atoms with E-state index in [-0.39, 0.29) is 16.2 Å². The highest BCUT2D eigenvalue weighted by Gasteiger charge is 2.34. The van der Waals surface area contributed by atoms with Gasteiger partial charge >= 0.3 is 0 Å². The van der Waals surface area contributed by atoms with Gasteiger partial charge in [-0.25, -0.2) is 17.5 Å². The Balaban J connectivity index is 1.66. The van der Waals surface area contributed by atoms with Crippen molar-refractivity contribution in [1.29, 1.82) is 0 Å². The Bertz CT molecular complexity index is 689. The third kappa shape index (κ3) is 3.51. The molecule has 128 valence electrons. The summed E-state index contributed by atoms with van der Waals surface area (Å²) in [5.41, 5.74) is 0.0860. The van der Waals surface area contributed by atoms with E-state index in [1.54, 1.807) is 0 Å². The fourth-order valence-corrected chi connectivity index (χ4v) is 4.55. The topological polar surface area (TPSA) is 58.6 Å². The summed E-state index contributed by atoms with van der Waals surface area (Å²) in [7, 11) is -2.35. The molecule has 0 amide bonds. The van der Waals surface area contributed by atoms with Crippen molar-refractivity contribution in [3.8, 4) is 5.75 Å². The molecule has 1 heterocycles. The van der Waals surface area contributed by atoms with Gasteiger partial charge in [-0.1, -0.05) is 0 Å². The van der Waals surface area contributed by atoms with Gasteiger partial charge in [0.2, 0.25) is 10.0 Å². The molecule has 1 aromatic rings. The number of methoxy groups -OCH3 is 1. The first kappa shape index (κ1) is 16.7. The molecule has 1 aromatic carbocycles. The minimum absolute atomic E-state index is 0.0205. The zero-order chi connectivity index (χ0) is 16.6. The second-order valence-electron chi connectivity index (χ2n) is 6.44. The SMILES string of the molecule is COc1ccc(S(=O)(=O)NC[C@@H]2CCN(C3CC3)C2)c(C)c1F. The highest BCUT2D eigenvalue weighted by molar-refractivity contribution is 7.89. The molecule has 7 heteroatoms. The first-order chi connectivity index (χ1) is 10.9. The first-order valence-electron chi connectivity index (χ1n) is 7.99. The Morgan fingerprint density at radius 3 is 2.74 bits per heavy atom. The highest BCUT2D eigenvalue weighted by atomic mass is 32.2. The molecule has 1 saturated heterocycles. The van der Waals surface area contributed by atoms with Crippen molar-refractivity contribution in [3.63, 3.8) is 0 Å². The Morgan fingerprint density at radius 1 is 1.35 bits per heavy atom. The van der Waals surface area contributed by atoms with Gasteiger partial charge < -0.3 is 9.64 Å². The van der Waals surface area contributed by atoms with E-state index in [1.165, 1.54) is 39.0 Å². The largest absolute Gasteiger partial charge is 0.494 e. The van der Waals surface area contributed by atoms with Crippen LogP contribution in [-0.4, -0.2) is 46.1 Å². The lowest BCUT2D eigenvalue weighted by Crippen LogP contribution is -2.32. The molecule has 1 saturated carbocycles. The summed E-state index contributed by atoms with van der Waals surface area (Å²) in [4.78, 5) is 2.42. The zero-order valence-electron chi connectivity index (χ0n) is 13.5. The number of halogens is 1. The van der Waals surface area contributed by atoms with Crippen molar-refractivity contribution in [2.75, 3.05) is 26.7 Å². The maximum atomic E-state index is 14.1. The van der Waals surface area contributed by atoms with Crippen molar-refractivity contribution < 1.29 is 17.5 Å². The summed E-state index contributed by atoms with van der Waals surface area (Å²) in [6, 6.07) is 3.46. The van der Waals surface area contributed by atoms with E-state index in [1.807, 2.05) is 0 Å². The quantitative estimate of drug-likeness (QED) is 0.858. The number of ether oxygens (including phenoxy) is 1. The van der Waals surface area contributed by atoms with Crippen LogP contribution in [0.4, 0.5) is 4.39 Å². The van der Waals surface area contributed by atoms with E-state index >= 15 is 0 Å². The smallest absolute Gasteiger partial charge is 0.240 e. The molecule has 2 fully saturated rings. The Hall–Kier alpha value is -1.18. The summed E-state index contributed by atoms with van der Waals surface area (Å²) in [6.07, 6.45) is 3.54. The van der Waals surface area contributed by atoms with Crippen LogP contribution in [0.5, 0.6) is 5.75 Å². The molecule has 0 spiro atoms. The van der Waals surface area contributed by atoms with E-state index in [0.29, 0.717) is 12.5 Å². The van der Waals surface area contributed by atoms with E-state index in [0.717, 1.165) is 25.6 Å². The number of nitrogens with zero attached hydrogens (tertiary/aromatic N) is 1. The average molecular weight is 342 g/mol. The fourth-order valence-electron chi connectivity index (χ4n) is 3.20. The van der Waals surface area contributed by atoms with Gasteiger partial charge in [-0.3, -0.25) is 0 Å². The second kappa shape index (κ2) is 6.37. The van der Waals surface area contributed by atoms with Crippen molar-refractivity contribution in [1.82, 2.24) is 9.62 Å². The Kier molecular flexibility index (Phi) is 4.62. The summed E-state index contributed by atoms with van der Waals surface area (Å²) in [5, 5.41) is 0. The summed E-state index contributed by atoms with van der Waals surface area (Å²) < 4.78 is 46.5. The number of nitrogens with one attached hydrogen (secondary N) is 1. The maximum absolute atomic E-state index is 14.1. The van der Waals surface area contributed by atoms with Gasteiger partial charge in [-0.05, 0) is 50.8 Å². The van der Waals surface area contributed by atoms with Crippen LogP contribution in [0.25, 0.3) is 0 Å². The van der Waals surface area contributed by atoms with Crippen LogP contribution >= 0.6 is 0 Å². The third-order valence-electron chi connectivity index (χ3n) is 4.75. The Morgan fingerprint density at radius 2 is 2.09 bits per heavy atom. The molecule has 1 aliphatic heterocycles. The molecule has 1 aliphatic carbocycles. The van der Waals surface area contributed by atoms with Crippen LogP contribution in [0.15, 0.2) is 17.0 Å². The van der Waals surface area contributed by atoms with Gasteiger partial charge in [-0.2, -0.15) is 0 Å². The van der Waals surface area contributed by atoms with Gasteiger partial charge in [0.1, 0.15) is 0 Å². The summed E-state index contributed by atoms with van der Waals surface area (Å²) in [5.74, 6) is -0.248. The molecule has 23 heavy (non-hydrogen) atoms. The maximum Gasteiger partial charge on any atom is 0.240 e. The van der Waals surface area contributed by atoms with Crippen LogP contribution in [0.3, 0.4) is 0 Å². The average Bonchev–Trinajstić information content (AvgIpc) is 3.26. The monoisotopic (exact) mass is 342 g/mol. The van der Waals surface area contributed by atoms with E-state index in [9.17, 15) is 12.8 Å². The second-order valence-corrected chi connectivity index (χ2v) is 8.17. The number of hydrogen-bond acceptors (Lipinski definition) is 4. The lowest BCUT2D eigenvalue weighted by atomic mass is 10.1. The van der Waals surface area contributed by atoms with Crippen molar-refractivity contribution in [2.45, 2.75) is 37.1 Å². The standard InChI is InChI=1S/C16H23FN2O3S/c1-11-15(6-5-14(22-2)16(11)17)23(20,21)18-9-12-7-8-19(10-12)13-3-4-13/h5-6,12-13,18H,3-4,7-10H2,1-2H3/t12-/m0/s1. The third-order valence-corrected chi connectivity index (χ3v) is 6.32. The summed E-state index contributed by atoms with van der Waals surface area (Å²) in [6.45, 7) is 3.85. The highest BCUT2D eigenvalue weighted by Crippen LogP contribution is 2.32. The minimum Gasteiger partial charge on any atom is -0.494 e.